The van der Waals surface area contributed by atoms with Crippen LogP contribution in [0.5, 0.6) is 0 Å². The average molecular weight is 850 g/mol. The quantitative estimate of drug-likeness (QED) is 0.0721. The second kappa shape index (κ2) is 20.5. The van der Waals surface area contributed by atoms with Gasteiger partial charge in [0.2, 0.25) is 0 Å². The molecular weight excluding hydrogens is 765 g/mol. The first kappa shape index (κ1) is 50.6. The Bertz CT molecular complexity index is 757. The topological polar surface area (TPSA) is 73.8 Å². The van der Waals surface area contributed by atoms with Crippen molar-refractivity contribution in [1.29, 1.82) is 0 Å². The highest BCUT2D eigenvalue weighted by Crippen LogP contribution is 2.38. The van der Waals surface area contributed by atoms with E-state index in [4.69, 9.17) is 32.9 Å². The fourth-order valence-electron chi connectivity index (χ4n) is 7.36. The van der Waals surface area contributed by atoms with Gasteiger partial charge >= 0.3 is 43.3 Å². The van der Waals surface area contributed by atoms with Crippen molar-refractivity contribution in [2.45, 2.75) is 208 Å². The molecule has 0 radical (unpaired) electrons. The van der Waals surface area contributed by atoms with Crippen LogP contribution in [0, 0.1) is 0 Å². The SMILES string of the molecule is CC[Si](CC)(CC)O[Si](C)(C)O[Si](O[Si](C)(C)O[Si](CC)(CC)CC)(O[Si](C)(C)O[Si](CC)(CC)CC)O[Si](C)(C)O[Si](CC)(CC)CC. The summed E-state index contributed by atoms with van der Waals surface area (Å²) in [6.45, 7) is 44.6. The molecule has 0 aromatic heterocycles. The number of hydrogen-bond acceptors (Lipinski definition) is 8. The summed E-state index contributed by atoms with van der Waals surface area (Å²) in [6, 6.07) is 12.5. The Kier molecular flexibility index (Phi) is 21.2. The molecule has 0 atom stereocenters. The van der Waals surface area contributed by atoms with Gasteiger partial charge in [0.15, 0.2) is 33.3 Å². The molecule has 0 aliphatic heterocycles. The molecule has 17 heteroatoms. The highest BCUT2D eigenvalue weighted by molar-refractivity contribution is 6.95. The fourth-order valence-corrected chi connectivity index (χ4v) is 52.0. The summed E-state index contributed by atoms with van der Waals surface area (Å²) in [4.78, 5) is 0. The van der Waals surface area contributed by atoms with Gasteiger partial charge in [-0.25, -0.2) is 0 Å². The summed E-state index contributed by atoms with van der Waals surface area (Å²) in [6.07, 6.45) is 0. The molecule has 0 heterocycles. The molecule has 0 saturated carbocycles. The Hall–Kier alpha value is 1.63. The van der Waals surface area contributed by atoms with Crippen LogP contribution in [0.4, 0.5) is 0 Å². The highest BCUT2D eigenvalue weighted by atomic mass is 28.6. The third kappa shape index (κ3) is 15.4. The van der Waals surface area contributed by atoms with Gasteiger partial charge in [-0.3, -0.25) is 0 Å². The van der Waals surface area contributed by atoms with Gasteiger partial charge in [0.1, 0.15) is 0 Å². The van der Waals surface area contributed by atoms with Crippen molar-refractivity contribution in [3.63, 3.8) is 0 Å². The minimum atomic E-state index is -4.05. The minimum Gasteiger partial charge on any atom is -0.436 e. The summed E-state index contributed by atoms with van der Waals surface area (Å²) in [5, 5.41) is 0. The summed E-state index contributed by atoms with van der Waals surface area (Å²) in [7, 11) is -23.8. The molecule has 0 fully saturated rings. The zero-order chi connectivity index (χ0) is 38.6. The van der Waals surface area contributed by atoms with Crippen molar-refractivity contribution in [2.75, 3.05) is 0 Å². The summed E-state index contributed by atoms with van der Waals surface area (Å²) < 4.78 is 59.0. The first-order valence-corrected chi connectivity index (χ1v) is 43.0. The molecule has 296 valence electrons. The van der Waals surface area contributed by atoms with Crippen molar-refractivity contribution in [2.24, 2.45) is 0 Å². The Morgan fingerprint density at radius 1 is 0.224 bits per heavy atom. The molecule has 0 N–H and O–H groups in total. The fraction of sp³-hybridized carbons (Fsp3) is 1.00. The number of hydrogen-bond donors (Lipinski definition) is 0. The van der Waals surface area contributed by atoms with Gasteiger partial charge < -0.3 is 32.9 Å². The zero-order valence-corrected chi connectivity index (χ0v) is 45.3. The first-order chi connectivity index (χ1) is 22.4. The van der Waals surface area contributed by atoms with Gasteiger partial charge in [-0.2, -0.15) is 0 Å². The third-order valence-electron chi connectivity index (χ3n) is 11.1. The minimum absolute atomic E-state index is 1.04. The zero-order valence-electron chi connectivity index (χ0n) is 36.3. The lowest BCUT2D eigenvalue weighted by Crippen LogP contribution is -2.71. The van der Waals surface area contributed by atoms with E-state index in [1.165, 1.54) is 0 Å². The van der Waals surface area contributed by atoms with E-state index in [0.29, 0.717) is 0 Å². The van der Waals surface area contributed by atoms with Crippen LogP contribution in [-0.4, -0.2) is 76.6 Å². The second-order valence-electron chi connectivity index (χ2n) is 15.9. The molecule has 49 heavy (non-hydrogen) atoms. The van der Waals surface area contributed by atoms with Crippen LogP contribution in [0.2, 0.25) is 125 Å². The molecule has 0 unspecified atom stereocenters. The lowest BCUT2D eigenvalue weighted by Gasteiger charge is -2.49. The molecule has 0 saturated heterocycles. The Morgan fingerprint density at radius 2 is 0.347 bits per heavy atom. The van der Waals surface area contributed by atoms with Crippen LogP contribution in [0.25, 0.3) is 0 Å². The third-order valence-corrected chi connectivity index (χ3v) is 53.2. The normalized spacial score (nSPS) is 14.9. The lowest BCUT2D eigenvalue weighted by molar-refractivity contribution is 0.101. The molecule has 0 rings (SSSR count). The molecule has 0 amide bonds. The molecule has 0 aromatic rings. The molecule has 0 aliphatic carbocycles. The molecular formula is C32H84O8Si9. The van der Waals surface area contributed by atoms with Crippen molar-refractivity contribution >= 4 is 76.6 Å². The molecule has 0 bridgehead atoms. The Morgan fingerprint density at radius 3 is 0.449 bits per heavy atom. The van der Waals surface area contributed by atoms with Crippen LogP contribution in [0.1, 0.15) is 83.1 Å². The molecule has 8 nitrogen and oxygen atoms in total. The van der Waals surface area contributed by atoms with E-state index in [-0.39, 0.29) is 0 Å². The van der Waals surface area contributed by atoms with Crippen LogP contribution in [-0.2, 0) is 32.9 Å². The first-order valence-electron chi connectivity index (χ1n) is 20.0. The van der Waals surface area contributed by atoms with E-state index < -0.39 is 76.6 Å². The molecule has 0 aliphatic rings. The van der Waals surface area contributed by atoms with Gasteiger partial charge in [0, 0.05) is 0 Å². The van der Waals surface area contributed by atoms with Crippen molar-refractivity contribution in [3.05, 3.63) is 0 Å². The predicted molar refractivity (Wildman–Crippen MR) is 233 cm³/mol. The van der Waals surface area contributed by atoms with E-state index in [2.05, 4.69) is 135 Å². The highest BCUT2D eigenvalue weighted by Gasteiger charge is 2.63. The smallest absolute Gasteiger partial charge is 0.436 e. The monoisotopic (exact) mass is 848 g/mol. The lowest BCUT2D eigenvalue weighted by atomic mass is 10.9. The number of rotatable bonds is 28. The van der Waals surface area contributed by atoms with Gasteiger partial charge in [-0.1, -0.05) is 83.1 Å². The maximum atomic E-state index is 7.47. The van der Waals surface area contributed by atoms with Crippen molar-refractivity contribution in [1.82, 2.24) is 0 Å². The van der Waals surface area contributed by atoms with Gasteiger partial charge in [0.25, 0.3) is 0 Å². The molecule has 0 spiro atoms. The van der Waals surface area contributed by atoms with Crippen LogP contribution < -0.4 is 0 Å². The van der Waals surface area contributed by atoms with Crippen molar-refractivity contribution in [3.8, 4) is 0 Å². The average Bonchev–Trinajstić information content (AvgIpc) is 3.02. The van der Waals surface area contributed by atoms with E-state index in [1.54, 1.807) is 0 Å². The summed E-state index contributed by atoms with van der Waals surface area (Å²) in [5.41, 5.74) is 0. The van der Waals surface area contributed by atoms with E-state index in [1.807, 2.05) is 0 Å². The van der Waals surface area contributed by atoms with Crippen LogP contribution >= 0.6 is 0 Å². The standard InChI is InChI=1S/C32H84O8Si9/c1-21-45(22-2,23-3)33-41(13,14)37-49(38-42(15,16)34-46(24-4,25-5)26-6,39-43(17,18)35-47(27-7,28-8)29-9)40-44(19,20)36-48(30-10,31-11)32-12/h21-32H2,1-20H3. The van der Waals surface area contributed by atoms with Gasteiger partial charge in [-0.15, -0.1) is 0 Å². The predicted octanol–water partition coefficient (Wildman–Crippen LogP) is 12.4. The van der Waals surface area contributed by atoms with Crippen molar-refractivity contribution < 1.29 is 32.9 Å². The van der Waals surface area contributed by atoms with Crippen LogP contribution in [0.15, 0.2) is 0 Å². The molecule has 0 aromatic carbocycles. The Labute approximate surface area is 315 Å². The summed E-state index contributed by atoms with van der Waals surface area (Å²) >= 11 is 0. The van der Waals surface area contributed by atoms with Crippen LogP contribution in [0.3, 0.4) is 0 Å². The van der Waals surface area contributed by atoms with E-state index in [9.17, 15) is 0 Å². The second-order valence-corrected chi connectivity index (χ2v) is 52.6. The van der Waals surface area contributed by atoms with E-state index >= 15 is 0 Å². The maximum Gasteiger partial charge on any atom is 0.643 e. The largest absolute Gasteiger partial charge is 0.643 e. The Balaban J connectivity index is 7.74. The van der Waals surface area contributed by atoms with E-state index in [0.717, 1.165) is 72.5 Å². The summed E-state index contributed by atoms with van der Waals surface area (Å²) in [5.74, 6) is 0. The maximum absolute atomic E-state index is 7.47. The van der Waals surface area contributed by atoms with Gasteiger partial charge in [-0.05, 0) is 125 Å². The van der Waals surface area contributed by atoms with Gasteiger partial charge in [0.05, 0.1) is 0 Å².